The molecule has 3 atom stereocenters. The highest BCUT2D eigenvalue weighted by atomic mass is 35.5. The van der Waals surface area contributed by atoms with Gasteiger partial charge in [-0.2, -0.15) is 5.10 Å². The molecule has 9 nitrogen and oxygen atoms in total. The van der Waals surface area contributed by atoms with Crippen LogP contribution in [-0.4, -0.2) is 59.4 Å². The molecule has 0 bridgehead atoms. The van der Waals surface area contributed by atoms with E-state index in [0.717, 1.165) is 16.9 Å². The summed E-state index contributed by atoms with van der Waals surface area (Å²) in [5.41, 5.74) is 3.05. The highest BCUT2D eigenvalue weighted by Crippen LogP contribution is 2.36. The van der Waals surface area contributed by atoms with Crippen LogP contribution < -0.4 is 18.9 Å². The fourth-order valence-corrected chi connectivity index (χ4v) is 5.16. The summed E-state index contributed by atoms with van der Waals surface area (Å²) in [7, 11) is 4.81. The number of amides is 1. The van der Waals surface area contributed by atoms with E-state index in [4.69, 9.17) is 35.5 Å². The SMILES string of the molecule is COc1ccc(C(C)N2CC(C(C)Oc3nc(-c4ccc(OC)c(OC)c4)cn4ncc(Cl)c34)CC2=O)cc1. The van der Waals surface area contributed by atoms with E-state index in [1.807, 2.05) is 61.2 Å². The Kier molecular flexibility index (Phi) is 7.52. The molecule has 0 saturated carbocycles. The van der Waals surface area contributed by atoms with E-state index in [2.05, 4.69) is 5.10 Å². The average Bonchev–Trinajstić information content (AvgIpc) is 3.54. The van der Waals surface area contributed by atoms with Crippen molar-refractivity contribution in [2.24, 2.45) is 5.92 Å². The van der Waals surface area contributed by atoms with Crippen molar-refractivity contribution in [1.29, 1.82) is 0 Å². The number of carbonyl (C=O) groups is 1. The van der Waals surface area contributed by atoms with Crippen LogP contribution in [0.2, 0.25) is 5.02 Å². The monoisotopic (exact) mass is 550 g/mol. The smallest absolute Gasteiger partial charge is 0.242 e. The van der Waals surface area contributed by atoms with Gasteiger partial charge in [-0.15, -0.1) is 0 Å². The molecule has 2 aromatic carbocycles. The Morgan fingerprint density at radius 1 is 1.00 bits per heavy atom. The fraction of sp³-hybridized carbons (Fsp3) is 0.345. The number of rotatable bonds is 9. The normalized spacial score (nSPS) is 16.8. The number of benzene rings is 2. The predicted molar refractivity (Wildman–Crippen MR) is 148 cm³/mol. The van der Waals surface area contributed by atoms with Crippen LogP contribution in [0.15, 0.2) is 54.9 Å². The molecule has 1 aliphatic rings. The van der Waals surface area contributed by atoms with Gasteiger partial charge in [0, 0.05) is 24.4 Å². The van der Waals surface area contributed by atoms with Crippen LogP contribution in [0.3, 0.4) is 0 Å². The summed E-state index contributed by atoms with van der Waals surface area (Å²) in [6, 6.07) is 13.3. The van der Waals surface area contributed by atoms with Crippen molar-refractivity contribution in [1.82, 2.24) is 19.5 Å². The summed E-state index contributed by atoms with van der Waals surface area (Å²) in [5.74, 6) is 2.41. The molecule has 1 saturated heterocycles. The standard InChI is InChI=1S/C29H31ClN4O5/c1-17(19-6-9-22(36-3)10-7-19)33-15-21(13-27(33)35)18(2)39-29-28-23(30)14-31-34(28)16-24(32-29)20-8-11-25(37-4)26(12-20)38-5/h6-12,14,16-18,21H,13,15H2,1-5H3. The zero-order chi connectivity index (χ0) is 27.7. The maximum atomic E-state index is 13.0. The van der Waals surface area contributed by atoms with Crippen molar-refractivity contribution < 1.29 is 23.7 Å². The van der Waals surface area contributed by atoms with Gasteiger partial charge < -0.3 is 23.8 Å². The van der Waals surface area contributed by atoms with Crippen molar-refractivity contribution in [3.05, 3.63) is 65.4 Å². The zero-order valence-electron chi connectivity index (χ0n) is 22.6. The number of fused-ring (bicyclic) bond motifs is 1. The van der Waals surface area contributed by atoms with E-state index in [-0.39, 0.29) is 24.0 Å². The highest BCUT2D eigenvalue weighted by Gasteiger charge is 2.37. The van der Waals surface area contributed by atoms with Gasteiger partial charge in [-0.05, 0) is 49.7 Å². The van der Waals surface area contributed by atoms with Crippen LogP contribution in [0.4, 0.5) is 0 Å². The first-order valence-corrected chi connectivity index (χ1v) is 13.1. The number of likely N-dealkylation sites (tertiary alicyclic amines) is 1. The number of carbonyl (C=O) groups excluding carboxylic acids is 1. The minimum atomic E-state index is -0.301. The molecule has 3 heterocycles. The van der Waals surface area contributed by atoms with Gasteiger partial charge in [0.1, 0.15) is 17.4 Å². The number of halogens is 1. The zero-order valence-corrected chi connectivity index (χ0v) is 23.3. The molecule has 0 spiro atoms. The second-order valence-corrected chi connectivity index (χ2v) is 9.98. The van der Waals surface area contributed by atoms with Gasteiger partial charge >= 0.3 is 0 Å². The Morgan fingerprint density at radius 2 is 1.74 bits per heavy atom. The van der Waals surface area contributed by atoms with Crippen LogP contribution in [0.1, 0.15) is 31.9 Å². The van der Waals surface area contributed by atoms with Gasteiger partial charge in [0.05, 0.1) is 50.5 Å². The van der Waals surface area contributed by atoms with Gasteiger partial charge in [-0.1, -0.05) is 23.7 Å². The molecule has 5 rings (SSSR count). The Morgan fingerprint density at radius 3 is 2.44 bits per heavy atom. The van der Waals surface area contributed by atoms with Crippen LogP contribution in [0, 0.1) is 5.92 Å². The summed E-state index contributed by atoms with van der Waals surface area (Å²) in [6.07, 6.45) is 3.44. The minimum absolute atomic E-state index is 0.0218. The number of hydrogen-bond acceptors (Lipinski definition) is 7. The fourth-order valence-electron chi connectivity index (χ4n) is 4.95. The molecule has 4 aromatic rings. The van der Waals surface area contributed by atoms with Crippen LogP contribution in [0.5, 0.6) is 23.1 Å². The lowest BCUT2D eigenvalue weighted by Crippen LogP contribution is -2.31. The molecular formula is C29H31ClN4O5. The first-order valence-electron chi connectivity index (χ1n) is 12.7. The first kappa shape index (κ1) is 26.6. The first-order chi connectivity index (χ1) is 18.8. The lowest BCUT2D eigenvalue weighted by atomic mass is 10.0. The maximum absolute atomic E-state index is 13.0. The molecule has 1 fully saturated rings. The van der Waals surface area contributed by atoms with Crippen molar-refractivity contribution in [2.45, 2.75) is 32.4 Å². The number of methoxy groups -OCH3 is 3. The van der Waals surface area contributed by atoms with E-state index in [1.54, 1.807) is 38.2 Å². The van der Waals surface area contributed by atoms with Crippen molar-refractivity contribution in [3.63, 3.8) is 0 Å². The van der Waals surface area contributed by atoms with Crippen LogP contribution >= 0.6 is 11.6 Å². The summed E-state index contributed by atoms with van der Waals surface area (Å²) >= 11 is 6.47. The average molecular weight is 551 g/mol. The third kappa shape index (κ3) is 5.18. The molecule has 2 aromatic heterocycles. The Bertz CT molecular complexity index is 1490. The summed E-state index contributed by atoms with van der Waals surface area (Å²) < 4.78 is 24.2. The predicted octanol–water partition coefficient (Wildman–Crippen LogP) is 5.45. The molecule has 1 aliphatic heterocycles. The number of aromatic nitrogens is 3. The van der Waals surface area contributed by atoms with E-state index in [0.29, 0.717) is 46.6 Å². The van der Waals surface area contributed by atoms with Crippen molar-refractivity contribution in [2.75, 3.05) is 27.9 Å². The van der Waals surface area contributed by atoms with E-state index >= 15 is 0 Å². The van der Waals surface area contributed by atoms with E-state index in [9.17, 15) is 4.79 Å². The Labute approximate surface area is 232 Å². The second-order valence-electron chi connectivity index (χ2n) is 9.57. The number of hydrogen-bond donors (Lipinski definition) is 0. The Balaban J connectivity index is 1.39. The lowest BCUT2D eigenvalue weighted by Gasteiger charge is -2.26. The van der Waals surface area contributed by atoms with Crippen LogP contribution in [0.25, 0.3) is 16.8 Å². The van der Waals surface area contributed by atoms with Gasteiger partial charge in [0.15, 0.2) is 11.5 Å². The van der Waals surface area contributed by atoms with Gasteiger partial charge in [0.25, 0.3) is 0 Å². The highest BCUT2D eigenvalue weighted by molar-refractivity contribution is 6.34. The third-order valence-corrected chi connectivity index (χ3v) is 7.59. The van der Waals surface area contributed by atoms with Gasteiger partial charge in [0.2, 0.25) is 11.8 Å². The molecule has 0 N–H and O–H groups in total. The lowest BCUT2D eigenvalue weighted by molar-refractivity contribution is -0.129. The van der Waals surface area contributed by atoms with Gasteiger partial charge in [-0.3, -0.25) is 4.79 Å². The summed E-state index contributed by atoms with van der Waals surface area (Å²) in [5, 5.41) is 4.81. The molecular weight excluding hydrogens is 520 g/mol. The maximum Gasteiger partial charge on any atom is 0.242 e. The second kappa shape index (κ2) is 11.0. The molecule has 3 unspecified atom stereocenters. The molecule has 0 radical (unpaired) electrons. The molecule has 0 aliphatic carbocycles. The summed E-state index contributed by atoms with van der Waals surface area (Å²) in [4.78, 5) is 19.7. The largest absolute Gasteiger partial charge is 0.497 e. The Hall–Kier alpha value is -3.98. The topological polar surface area (TPSA) is 87.4 Å². The number of nitrogens with zero attached hydrogens (tertiary/aromatic N) is 4. The van der Waals surface area contributed by atoms with Crippen molar-refractivity contribution >= 4 is 23.0 Å². The molecule has 1 amide bonds. The van der Waals surface area contributed by atoms with E-state index < -0.39 is 0 Å². The van der Waals surface area contributed by atoms with Gasteiger partial charge in [-0.25, -0.2) is 9.50 Å². The minimum Gasteiger partial charge on any atom is -0.497 e. The van der Waals surface area contributed by atoms with Crippen molar-refractivity contribution in [3.8, 4) is 34.4 Å². The number of ether oxygens (including phenoxy) is 4. The summed E-state index contributed by atoms with van der Waals surface area (Å²) in [6.45, 7) is 4.58. The quantitative estimate of drug-likeness (QED) is 0.274. The van der Waals surface area contributed by atoms with Crippen LogP contribution in [-0.2, 0) is 4.79 Å². The van der Waals surface area contributed by atoms with E-state index in [1.165, 1.54) is 0 Å². The molecule has 39 heavy (non-hydrogen) atoms. The third-order valence-electron chi connectivity index (χ3n) is 7.31. The molecule has 10 heteroatoms. The molecule has 204 valence electrons.